The molecule has 0 bridgehead atoms. The molecule has 0 fully saturated rings. The van der Waals surface area contributed by atoms with E-state index in [1.807, 2.05) is 83.9 Å². The van der Waals surface area contributed by atoms with Crippen LogP contribution in [0.2, 0.25) is 5.02 Å². The van der Waals surface area contributed by atoms with Crippen molar-refractivity contribution in [3.63, 3.8) is 0 Å². The van der Waals surface area contributed by atoms with Gasteiger partial charge in [-0.15, -0.1) is 5.10 Å². The highest BCUT2D eigenvalue weighted by Crippen LogP contribution is 2.43. The van der Waals surface area contributed by atoms with E-state index in [0.717, 1.165) is 22.6 Å². The second-order valence-corrected chi connectivity index (χ2v) is 9.46. The lowest BCUT2D eigenvalue weighted by molar-refractivity contribution is -0.112. The molecule has 170 valence electrons. The highest BCUT2D eigenvalue weighted by atomic mass is 35.5. The maximum atomic E-state index is 12.6. The summed E-state index contributed by atoms with van der Waals surface area (Å²) in [4.78, 5) is 14.7. The molecule has 4 rings (SSSR count). The Kier molecular flexibility index (Phi) is 6.43. The monoisotopic (exact) mass is 461 g/mol. The number of benzene rings is 3. The molecule has 0 saturated heterocycles. The third-order valence-electron chi connectivity index (χ3n) is 5.47. The van der Waals surface area contributed by atoms with E-state index < -0.39 is 0 Å². The number of hydrogen-bond acceptors (Lipinski definition) is 5. The normalized spacial score (nSPS) is 16.0. The SMILES string of the molecule is CC(=O)C1=NN(c2ccccc2)[C@H](c2ccccc2OCc2ccc(Cl)cc2)N1C(C)(C)C. The first kappa shape index (κ1) is 22.9. The van der Waals surface area contributed by atoms with Gasteiger partial charge in [-0.25, -0.2) is 5.01 Å². The molecule has 0 aromatic heterocycles. The molecule has 0 amide bonds. The van der Waals surface area contributed by atoms with E-state index in [4.69, 9.17) is 21.4 Å². The van der Waals surface area contributed by atoms with Crippen molar-refractivity contribution >= 4 is 28.9 Å². The number of nitrogens with zero attached hydrogens (tertiary/aromatic N) is 3. The van der Waals surface area contributed by atoms with Crippen molar-refractivity contribution in [3.05, 3.63) is 95.0 Å². The van der Waals surface area contributed by atoms with Crippen LogP contribution in [0, 0.1) is 0 Å². The molecule has 1 aliphatic heterocycles. The molecule has 0 saturated carbocycles. The summed E-state index contributed by atoms with van der Waals surface area (Å²) < 4.78 is 6.28. The van der Waals surface area contributed by atoms with E-state index in [2.05, 4.69) is 25.7 Å². The summed E-state index contributed by atoms with van der Waals surface area (Å²) in [7, 11) is 0. The number of Topliss-reactive ketones (excluding diaryl/α,β-unsaturated/α-hetero) is 1. The van der Waals surface area contributed by atoms with Gasteiger partial charge in [0.1, 0.15) is 12.4 Å². The van der Waals surface area contributed by atoms with Crippen LogP contribution in [-0.4, -0.2) is 22.1 Å². The summed E-state index contributed by atoms with van der Waals surface area (Å²) in [6.45, 7) is 8.23. The fraction of sp³-hybridized carbons (Fsp3) is 0.259. The van der Waals surface area contributed by atoms with Crippen molar-refractivity contribution in [2.75, 3.05) is 5.01 Å². The number of halogens is 1. The first-order chi connectivity index (χ1) is 15.8. The van der Waals surface area contributed by atoms with E-state index in [1.54, 1.807) is 6.92 Å². The van der Waals surface area contributed by atoms with Crippen molar-refractivity contribution in [1.29, 1.82) is 0 Å². The van der Waals surface area contributed by atoms with Crippen LogP contribution in [0.25, 0.3) is 0 Å². The van der Waals surface area contributed by atoms with Gasteiger partial charge in [0.2, 0.25) is 0 Å². The number of ketones is 1. The Hall–Kier alpha value is -3.31. The summed E-state index contributed by atoms with van der Waals surface area (Å²) in [5.74, 6) is 1.10. The van der Waals surface area contributed by atoms with Crippen LogP contribution in [0.1, 0.15) is 45.0 Å². The summed E-state index contributed by atoms with van der Waals surface area (Å²) in [6.07, 6.45) is -0.340. The lowest BCUT2D eigenvalue weighted by atomic mass is 10.0. The predicted molar refractivity (Wildman–Crippen MR) is 134 cm³/mol. The lowest BCUT2D eigenvalue weighted by Crippen LogP contribution is -2.49. The van der Waals surface area contributed by atoms with Crippen LogP contribution in [0.15, 0.2) is 84.0 Å². The largest absolute Gasteiger partial charge is 0.488 e. The Labute approximate surface area is 200 Å². The number of carbonyl (C=O) groups is 1. The van der Waals surface area contributed by atoms with Crippen LogP contribution in [0.4, 0.5) is 5.69 Å². The molecule has 3 aromatic carbocycles. The number of anilines is 1. The lowest BCUT2D eigenvalue weighted by Gasteiger charge is -2.41. The van der Waals surface area contributed by atoms with Gasteiger partial charge in [0.05, 0.1) is 5.69 Å². The molecule has 0 radical (unpaired) electrons. The maximum absolute atomic E-state index is 12.6. The molecule has 5 nitrogen and oxygen atoms in total. The average Bonchev–Trinajstić information content (AvgIpc) is 3.21. The van der Waals surface area contributed by atoms with Gasteiger partial charge in [0.15, 0.2) is 17.8 Å². The topological polar surface area (TPSA) is 45.1 Å². The van der Waals surface area contributed by atoms with Crippen LogP contribution in [-0.2, 0) is 11.4 Å². The van der Waals surface area contributed by atoms with E-state index in [1.165, 1.54) is 0 Å². The Bertz CT molecular complexity index is 1150. The number of amidine groups is 1. The van der Waals surface area contributed by atoms with E-state index in [0.29, 0.717) is 17.5 Å². The van der Waals surface area contributed by atoms with Gasteiger partial charge >= 0.3 is 0 Å². The van der Waals surface area contributed by atoms with Gasteiger partial charge < -0.3 is 9.64 Å². The standard InChI is InChI=1S/C27H28ClN3O2/c1-19(32)25-29-31(22-10-6-5-7-11-22)26(30(25)27(2,3)4)23-12-8-9-13-24(23)33-18-20-14-16-21(28)17-15-20/h5-17,26H,18H2,1-4H3/t26-/m1/s1. The summed E-state index contributed by atoms with van der Waals surface area (Å²) in [6, 6.07) is 25.5. The number of rotatable bonds is 6. The molecular weight excluding hydrogens is 434 g/mol. The van der Waals surface area contributed by atoms with Crippen LogP contribution in [0.3, 0.4) is 0 Å². The second-order valence-electron chi connectivity index (χ2n) is 9.03. The van der Waals surface area contributed by atoms with Crippen molar-refractivity contribution in [2.45, 2.75) is 46.0 Å². The number of para-hydroxylation sites is 2. The van der Waals surface area contributed by atoms with Crippen LogP contribution >= 0.6 is 11.6 Å². The van der Waals surface area contributed by atoms with E-state index in [-0.39, 0.29) is 17.5 Å². The molecule has 1 heterocycles. The minimum absolute atomic E-state index is 0.0760. The molecule has 1 atom stereocenters. The fourth-order valence-corrected chi connectivity index (χ4v) is 4.10. The fourth-order valence-electron chi connectivity index (χ4n) is 3.97. The highest BCUT2D eigenvalue weighted by Gasteiger charge is 2.44. The molecule has 6 heteroatoms. The minimum Gasteiger partial charge on any atom is -0.488 e. The molecular formula is C27H28ClN3O2. The van der Waals surface area contributed by atoms with Gasteiger partial charge in [-0.3, -0.25) is 4.79 Å². The summed E-state index contributed by atoms with van der Waals surface area (Å²) >= 11 is 6.02. The number of carbonyl (C=O) groups excluding carboxylic acids is 1. The molecule has 0 aliphatic carbocycles. The molecule has 1 aliphatic rings. The second kappa shape index (κ2) is 9.28. The van der Waals surface area contributed by atoms with E-state index in [9.17, 15) is 4.79 Å². The first-order valence-electron chi connectivity index (χ1n) is 10.9. The Balaban J connectivity index is 1.77. The highest BCUT2D eigenvalue weighted by molar-refractivity contribution is 6.38. The van der Waals surface area contributed by atoms with Crippen molar-refractivity contribution in [1.82, 2.24) is 4.90 Å². The van der Waals surface area contributed by atoms with Gasteiger partial charge in [0, 0.05) is 23.0 Å². The number of ether oxygens (including phenoxy) is 1. The molecule has 0 spiro atoms. The third kappa shape index (κ3) is 4.88. The van der Waals surface area contributed by atoms with Crippen molar-refractivity contribution in [2.24, 2.45) is 5.10 Å². The number of hydrogen-bond donors (Lipinski definition) is 0. The zero-order valence-corrected chi connectivity index (χ0v) is 20.1. The van der Waals surface area contributed by atoms with Crippen molar-refractivity contribution < 1.29 is 9.53 Å². The smallest absolute Gasteiger partial charge is 0.196 e. The van der Waals surface area contributed by atoms with E-state index >= 15 is 0 Å². The van der Waals surface area contributed by atoms with Crippen LogP contribution < -0.4 is 9.75 Å². The molecule has 3 aromatic rings. The molecule has 0 N–H and O–H groups in total. The quantitative estimate of drug-likeness (QED) is 0.423. The zero-order chi connectivity index (χ0) is 23.6. The van der Waals surface area contributed by atoms with Gasteiger partial charge in [-0.05, 0) is 56.7 Å². The van der Waals surface area contributed by atoms with Crippen LogP contribution in [0.5, 0.6) is 5.75 Å². The molecule has 33 heavy (non-hydrogen) atoms. The Morgan fingerprint density at radius 1 is 0.970 bits per heavy atom. The third-order valence-corrected chi connectivity index (χ3v) is 5.72. The van der Waals surface area contributed by atoms with Gasteiger partial charge in [0.25, 0.3) is 0 Å². The zero-order valence-electron chi connectivity index (χ0n) is 19.3. The first-order valence-corrected chi connectivity index (χ1v) is 11.3. The predicted octanol–water partition coefficient (Wildman–Crippen LogP) is 6.44. The minimum atomic E-state index is -0.359. The van der Waals surface area contributed by atoms with Gasteiger partial charge in [-0.1, -0.05) is 60.1 Å². The summed E-state index contributed by atoms with van der Waals surface area (Å²) in [5.41, 5.74) is 2.50. The average molecular weight is 462 g/mol. The Morgan fingerprint density at radius 3 is 2.24 bits per heavy atom. The van der Waals surface area contributed by atoms with Crippen molar-refractivity contribution in [3.8, 4) is 5.75 Å². The summed E-state index contributed by atoms with van der Waals surface area (Å²) in [5, 5.41) is 7.39. The number of hydrazone groups is 1. The van der Waals surface area contributed by atoms with Gasteiger partial charge in [-0.2, -0.15) is 0 Å². The Morgan fingerprint density at radius 2 is 1.61 bits per heavy atom. The maximum Gasteiger partial charge on any atom is 0.196 e. The molecule has 0 unspecified atom stereocenters.